The fourth-order valence-corrected chi connectivity index (χ4v) is 1.75. The Labute approximate surface area is 84.5 Å². The molecule has 4 atom stereocenters. The molecule has 1 aliphatic rings. The number of rotatable bonds is 2. The predicted octanol–water partition coefficient (Wildman–Crippen LogP) is -0.592. The van der Waals surface area contributed by atoms with Crippen LogP contribution in [0.25, 0.3) is 0 Å². The minimum Gasteiger partial charge on any atom is -0.386 e. The third kappa shape index (κ3) is 2.46. The second kappa shape index (κ2) is 4.76. The van der Waals surface area contributed by atoms with Crippen molar-refractivity contribution in [3.63, 3.8) is 0 Å². The SMILES string of the molecule is C#CCN(C)[C@H]1C[C@@H](C)O[C@H](O)[C@@H]1O. The Balaban J connectivity index is 2.62. The monoisotopic (exact) mass is 199 g/mol. The highest BCUT2D eigenvalue weighted by Gasteiger charge is 2.36. The summed E-state index contributed by atoms with van der Waals surface area (Å²) in [6, 6.07) is -0.134. The number of aliphatic hydroxyl groups excluding tert-OH is 2. The lowest BCUT2D eigenvalue weighted by Crippen LogP contribution is -2.54. The lowest BCUT2D eigenvalue weighted by atomic mass is 9.99. The summed E-state index contributed by atoms with van der Waals surface area (Å²) in [4.78, 5) is 1.85. The van der Waals surface area contributed by atoms with Crippen LogP contribution in [0.15, 0.2) is 0 Å². The topological polar surface area (TPSA) is 52.9 Å². The van der Waals surface area contributed by atoms with Crippen LogP contribution >= 0.6 is 0 Å². The molecule has 0 saturated carbocycles. The van der Waals surface area contributed by atoms with Crippen LogP contribution in [0, 0.1) is 12.3 Å². The van der Waals surface area contributed by atoms with E-state index >= 15 is 0 Å². The number of terminal acetylenes is 1. The highest BCUT2D eigenvalue weighted by atomic mass is 16.6. The van der Waals surface area contributed by atoms with Gasteiger partial charge in [0.25, 0.3) is 0 Å². The molecule has 14 heavy (non-hydrogen) atoms. The number of aliphatic hydroxyl groups is 2. The van der Waals surface area contributed by atoms with Crippen molar-refractivity contribution in [3.8, 4) is 12.3 Å². The molecule has 4 nitrogen and oxygen atoms in total. The van der Waals surface area contributed by atoms with Crippen LogP contribution in [-0.4, -0.2) is 53.2 Å². The van der Waals surface area contributed by atoms with Crippen molar-refractivity contribution in [1.82, 2.24) is 4.90 Å². The molecule has 2 N–H and O–H groups in total. The zero-order chi connectivity index (χ0) is 10.7. The van der Waals surface area contributed by atoms with Crippen LogP contribution in [0.3, 0.4) is 0 Å². The van der Waals surface area contributed by atoms with Crippen molar-refractivity contribution in [3.05, 3.63) is 0 Å². The van der Waals surface area contributed by atoms with Gasteiger partial charge in [-0.25, -0.2) is 0 Å². The molecule has 1 aliphatic heterocycles. The maximum Gasteiger partial charge on any atom is 0.182 e. The van der Waals surface area contributed by atoms with Crippen LogP contribution in [0.2, 0.25) is 0 Å². The summed E-state index contributed by atoms with van der Waals surface area (Å²) in [5.74, 6) is 2.51. The van der Waals surface area contributed by atoms with Gasteiger partial charge in [0, 0.05) is 6.04 Å². The van der Waals surface area contributed by atoms with Crippen molar-refractivity contribution >= 4 is 0 Å². The van der Waals surface area contributed by atoms with Gasteiger partial charge in [0.2, 0.25) is 0 Å². The molecule has 0 bridgehead atoms. The van der Waals surface area contributed by atoms with Gasteiger partial charge in [0.05, 0.1) is 12.6 Å². The average molecular weight is 199 g/mol. The highest BCUT2D eigenvalue weighted by Crippen LogP contribution is 2.21. The molecule has 0 unspecified atom stereocenters. The molecule has 0 amide bonds. The molecule has 80 valence electrons. The largest absolute Gasteiger partial charge is 0.386 e. The van der Waals surface area contributed by atoms with E-state index in [-0.39, 0.29) is 12.1 Å². The number of hydrogen-bond donors (Lipinski definition) is 2. The van der Waals surface area contributed by atoms with Crippen molar-refractivity contribution in [1.29, 1.82) is 0 Å². The van der Waals surface area contributed by atoms with Crippen molar-refractivity contribution in [2.45, 2.75) is 37.9 Å². The number of likely N-dealkylation sites (N-methyl/N-ethyl adjacent to an activating group) is 1. The van der Waals surface area contributed by atoms with Gasteiger partial charge in [-0.05, 0) is 20.4 Å². The number of hydrogen-bond acceptors (Lipinski definition) is 4. The molecule has 1 heterocycles. The van der Waals surface area contributed by atoms with Gasteiger partial charge in [-0.1, -0.05) is 5.92 Å². The Morgan fingerprint density at radius 1 is 1.57 bits per heavy atom. The van der Waals surface area contributed by atoms with Crippen LogP contribution in [0.1, 0.15) is 13.3 Å². The van der Waals surface area contributed by atoms with Crippen LogP contribution < -0.4 is 0 Å². The van der Waals surface area contributed by atoms with Gasteiger partial charge >= 0.3 is 0 Å². The molecular weight excluding hydrogens is 182 g/mol. The van der Waals surface area contributed by atoms with E-state index in [1.165, 1.54) is 0 Å². The standard InChI is InChI=1S/C10H17NO3/c1-4-5-11(3)8-6-7(2)14-10(13)9(8)12/h1,7-10,12-13H,5-6H2,2-3H3/t7-,8+,9-,10+/m1/s1. The summed E-state index contributed by atoms with van der Waals surface area (Å²) in [5, 5.41) is 19.1. The molecule has 4 heteroatoms. The van der Waals surface area contributed by atoms with Gasteiger partial charge < -0.3 is 14.9 Å². The second-order valence-electron chi connectivity index (χ2n) is 3.75. The fourth-order valence-electron chi connectivity index (χ4n) is 1.75. The minimum absolute atomic E-state index is 0.0568. The second-order valence-corrected chi connectivity index (χ2v) is 3.75. The van der Waals surface area contributed by atoms with E-state index in [1.807, 2.05) is 18.9 Å². The summed E-state index contributed by atoms with van der Waals surface area (Å²) in [6.45, 7) is 2.33. The Morgan fingerprint density at radius 2 is 2.21 bits per heavy atom. The first-order valence-electron chi connectivity index (χ1n) is 4.71. The van der Waals surface area contributed by atoms with E-state index in [9.17, 15) is 10.2 Å². The van der Waals surface area contributed by atoms with Crippen molar-refractivity contribution < 1.29 is 14.9 Å². The Morgan fingerprint density at radius 3 is 2.79 bits per heavy atom. The van der Waals surface area contributed by atoms with Gasteiger partial charge in [0.1, 0.15) is 6.10 Å². The molecule has 0 aromatic carbocycles. The number of nitrogens with zero attached hydrogens (tertiary/aromatic N) is 1. The van der Waals surface area contributed by atoms with Crippen LogP contribution in [0.5, 0.6) is 0 Å². The molecule has 0 aromatic heterocycles. The van der Waals surface area contributed by atoms with E-state index in [0.29, 0.717) is 13.0 Å². The average Bonchev–Trinajstić information content (AvgIpc) is 2.11. The molecule has 0 aliphatic carbocycles. The third-order valence-corrected chi connectivity index (χ3v) is 2.54. The van der Waals surface area contributed by atoms with Crippen LogP contribution in [-0.2, 0) is 4.74 Å². The molecule has 1 saturated heterocycles. The molecule has 1 rings (SSSR count). The maximum absolute atomic E-state index is 9.67. The van der Waals surface area contributed by atoms with E-state index in [4.69, 9.17) is 11.2 Å². The molecular formula is C10H17NO3. The van der Waals surface area contributed by atoms with Crippen LogP contribution in [0.4, 0.5) is 0 Å². The van der Waals surface area contributed by atoms with E-state index in [0.717, 1.165) is 0 Å². The number of ether oxygens (including phenoxy) is 1. The summed E-state index contributed by atoms with van der Waals surface area (Å²) in [5.41, 5.74) is 0. The molecule has 0 radical (unpaired) electrons. The summed E-state index contributed by atoms with van der Waals surface area (Å²) >= 11 is 0. The normalized spacial score (nSPS) is 38.3. The van der Waals surface area contributed by atoms with E-state index in [1.54, 1.807) is 0 Å². The summed E-state index contributed by atoms with van der Waals surface area (Å²) in [6.07, 6.45) is 3.81. The first kappa shape index (κ1) is 11.5. The van der Waals surface area contributed by atoms with Gasteiger partial charge in [-0.15, -0.1) is 6.42 Å². The Kier molecular flexibility index (Phi) is 3.90. The summed E-state index contributed by atoms with van der Waals surface area (Å²) in [7, 11) is 1.83. The Hall–Kier alpha value is -0.600. The van der Waals surface area contributed by atoms with E-state index in [2.05, 4.69) is 5.92 Å². The van der Waals surface area contributed by atoms with Crippen molar-refractivity contribution in [2.24, 2.45) is 0 Å². The van der Waals surface area contributed by atoms with Gasteiger partial charge in [-0.2, -0.15) is 0 Å². The molecule has 0 aromatic rings. The zero-order valence-electron chi connectivity index (χ0n) is 8.55. The quantitative estimate of drug-likeness (QED) is 0.584. The first-order valence-corrected chi connectivity index (χ1v) is 4.71. The third-order valence-electron chi connectivity index (χ3n) is 2.54. The smallest absolute Gasteiger partial charge is 0.182 e. The lowest BCUT2D eigenvalue weighted by molar-refractivity contribution is -0.230. The zero-order valence-corrected chi connectivity index (χ0v) is 8.55. The summed E-state index contributed by atoms with van der Waals surface area (Å²) < 4.78 is 5.08. The minimum atomic E-state index is -1.11. The molecule has 0 spiro atoms. The lowest BCUT2D eigenvalue weighted by Gasteiger charge is -2.39. The fraction of sp³-hybridized carbons (Fsp3) is 0.800. The molecule has 1 fully saturated rings. The first-order chi connectivity index (χ1) is 6.56. The maximum atomic E-state index is 9.67. The predicted molar refractivity (Wildman–Crippen MR) is 52.4 cm³/mol. The van der Waals surface area contributed by atoms with E-state index < -0.39 is 12.4 Å². The Bertz CT molecular complexity index is 226. The van der Waals surface area contributed by atoms with Crippen molar-refractivity contribution in [2.75, 3.05) is 13.6 Å². The highest BCUT2D eigenvalue weighted by molar-refractivity contribution is 4.93. The van der Waals surface area contributed by atoms with Gasteiger partial charge in [-0.3, -0.25) is 4.90 Å². The van der Waals surface area contributed by atoms with Gasteiger partial charge in [0.15, 0.2) is 6.29 Å².